The second kappa shape index (κ2) is 9.03. The van der Waals surface area contributed by atoms with Crippen molar-refractivity contribution in [3.63, 3.8) is 0 Å². The smallest absolute Gasteiger partial charge is 0.239 e. The van der Waals surface area contributed by atoms with Crippen LogP contribution < -0.4 is 16.0 Å². The van der Waals surface area contributed by atoms with Crippen LogP contribution in [0.1, 0.15) is 51.4 Å². The van der Waals surface area contributed by atoms with Gasteiger partial charge in [-0.2, -0.15) is 0 Å². The third kappa shape index (κ3) is 6.46. The number of carbonyl (C=O) groups is 2. The fraction of sp³-hybridized carbons (Fsp3) is 0.875. The normalized spacial score (nSPS) is 23.5. The minimum atomic E-state index is -0.0717. The van der Waals surface area contributed by atoms with E-state index in [-0.39, 0.29) is 18.4 Å². The van der Waals surface area contributed by atoms with Crippen LogP contribution in [0.3, 0.4) is 0 Å². The Bertz CT molecular complexity index is 334. The Labute approximate surface area is 127 Å². The first-order chi connectivity index (χ1) is 10.2. The van der Waals surface area contributed by atoms with Gasteiger partial charge in [0.1, 0.15) is 0 Å². The summed E-state index contributed by atoms with van der Waals surface area (Å²) in [5.41, 5.74) is 0. The van der Waals surface area contributed by atoms with E-state index < -0.39 is 0 Å². The van der Waals surface area contributed by atoms with Gasteiger partial charge in [-0.3, -0.25) is 9.59 Å². The Balaban J connectivity index is 1.54. The van der Waals surface area contributed by atoms with Crippen molar-refractivity contribution < 1.29 is 9.59 Å². The molecule has 1 heterocycles. The van der Waals surface area contributed by atoms with E-state index in [2.05, 4.69) is 16.0 Å². The molecule has 2 amide bonds. The number of rotatable bonds is 6. The summed E-state index contributed by atoms with van der Waals surface area (Å²) in [6, 6.07) is 0. The third-order valence-electron chi connectivity index (χ3n) is 4.63. The van der Waals surface area contributed by atoms with Gasteiger partial charge in [-0.1, -0.05) is 19.3 Å². The first-order valence-corrected chi connectivity index (χ1v) is 8.48. The van der Waals surface area contributed by atoms with E-state index in [0.29, 0.717) is 24.8 Å². The lowest BCUT2D eigenvalue weighted by Gasteiger charge is -2.23. The van der Waals surface area contributed by atoms with Crippen LogP contribution in [0.15, 0.2) is 0 Å². The Kier molecular flexibility index (Phi) is 7.00. The second-order valence-electron chi connectivity index (χ2n) is 6.50. The molecule has 0 radical (unpaired) electrons. The maximum Gasteiger partial charge on any atom is 0.239 e. The molecule has 2 aliphatic rings. The van der Waals surface area contributed by atoms with Gasteiger partial charge in [-0.05, 0) is 50.6 Å². The van der Waals surface area contributed by atoms with E-state index >= 15 is 0 Å². The zero-order valence-corrected chi connectivity index (χ0v) is 13.0. The highest BCUT2D eigenvalue weighted by Gasteiger charge is 2.18. The molecule has 1 aliphatic heterocycles. The van der Waals surface area contributed by atoms with Crippen molar-refractivity contribution >= 4 is 11.8 Å². The second-order valence-corrected chi connectivity index (χ2v) is 6.50. The van der Waals surface area contributed by atoms with Crippen molar-refractivity contribution in [2.75, 3.05) is 26.2 Å². The number of hydrogen-bond donors (Lipinski definition) is 3. The molecule has 1 unspecified atom stereocenters. The van der Waals surface area contributed by atoms with Gasteiger partial charge < -0.3 is 16.0 Å². The lowest BCUT2D eigenvalue weighted by atomic mass is 9.87. The molecule has 0 aromatic rings. The SMILES string of the molecule is O=C(CNC(=O)CC1CCCCC1)NCC1CCCNC1. The summed E-state index contributed by atoms with van der Waals surface area (Å²) in [5, 5.41) is 9.00. The van der Waals surface area contributed by atoms with Crippen LogP contribution in [0.2, 0.25) is 0 Å². The Morgan fingerprint density at radius 3 is 2.38 bits per heavy atom. The van der Waals surface area contributed by atoms with E-state index in [9.17, 15) is 9.59 Å². The van der Waals surface area contributed by atoms with Crippen LogP contribution in [0.5, 0.6) is 0 Å². The molecule has 2 fully saturated rings. The summed E-state index contributed by atoms with van der Waals surface area (Å²) in [6.45, 7) is 2.89. The van der Waals surface area contributed by atoms with Crippen LogP contribution in [-0.2, 0) is 9.59 Å². The Morgan fingerprint density at radius 2 is 1.67 bits per heavy atom. The molecule has 0 spiro atoms. The zero-order chi connectivity index (χ0) is 14.9. The maximum atomic E-state index is 11.8. The number of amides is 2. The van der Waals surface area contributed by atoms with Crippen molar-refractivity contribution in [2.45, 2.75) is 51.4 Å². The van der Waals surface area contributed by atoms with Gasteiger partial charge in [0.2, 0.25) is 11.8 Å². The van der Waals surface area contributed by atoms with Crippen LogP contribution in [0, 0.1) is 11.8 Å². The number of carbonyl (C=O) groups excluding carboxylic acids is 2. The largest absolute Gasteiger partial charge is 0.354 e. The number of piperidine rings is 1. The minimum Gasteiger partial charge on any atom is -0.354 e. The summed E-state index contributed by atoms with van der Waals surface area (Å²) in [6.07, 6.45) is 9.04. The Morgan fingerprint density at radius 1 is 0.905 bits per heavy atom. The summed E-state index contributed by atoms with van der Waals surface area (Å²) < 4.78 is 0. The maximum absolute atomic E-state index is 11.8. The molecule has 21 heavy (non-hydrogen) atoms. The van der Waals surface area contributed by atoms with Crippen molar-refractivity contribution in [1.82, 2.24) is 16.0 Å². The first-order valence-electron chi connectivity index (χ1n) is 8.48. The summed E-state index contributed by atoms with van der Waals surface area (Å²) >= 11 is 0. The van der Waals surface area contributed by atoms with Gasteiger partial charge in [0.15, 0.2) is 0 Å². The van der Waals surface area contributed by atoms with Gasteiger partial charge in [-0.25, -0.2) is 0 Å². The van der Waals surface area contributed by atoms with E-state index in [1.165, 1.54) is 32.1 Å². The quantitative estimate of drug-likeness (QED) is 0.689. The highest BCUT2D eigenvalue weighted by atomic mass is 16.2. The standard InChI is InChI=1S/C16H29N3O2/c20-15(9-13-5-2-1-3-6-13)19-12-16(21)18-11-14-7-4-8-17-10-14/h13-14,17H,1-12H2,(H,18,21)(H,19,20). The summed E-state index contributed by atoms with van der Waals surface area (Å²) in [7, 11) is 0. The lowest BCUT2D eigenvalue weighted by molar-refractivity contribution is -0.126. The average Bonchev–Trinajstić information content (AvgIpc) is 2.53. The fourth-order valence-electron chi connectivity index (χ4n) is 3.32. The molecular formula is C16H29N3O2. The van der Waals surface area contributed by atoms with E-state index in [4.69, 9.17) is 0 Å². The van der Waals surface area contributed by atoms with Gasteiger partial charge in [0, 0.05) is 13.0 Å². The average molecular weight is 295 g/mol. The number of nitrogens with one attached hydrogen (secondary N) is 3. The van der Waals surface area contributed by atoms with Crippen molar-refractivity contribution in [3.05, 3.63) is 0 Å². The van der Waals surface area contributed by atoms with Crippen molar-refractivity contribution in [1.29, 1.82) is 0 Å². The van der Waals surface area contributed by atoms with Gasteiger partial charge >= 0.3 is 0 Å². The molecule has 5 nitrogen and oxygen atoms in total. The molecule has 2 rings (SSSR count). The highest BCUT2D eigenvalue weighted by Crippen LogP contribution is 2.25. The van der Waals surface area contributed by atoms with Crippen molar-refractivity contribution in [2.24, 2.45) is 11.8 Å². The molecular weight excluding hydrogens is 266 g/mol. The van der Waals surface area contributed by atoms with Crippen LogP contribution in [-0.4, -0.2) is 38.0 Å². The minimum absolute atomic E-state index is 0.0244. The molecule has 1 saturated carbocycles. The monoisotopic (exact) mass is 295 g/mol. The van der Waals surface area contributed by atoms with Crippen molar-refractivity contribution in [3.8, 4) is 0 Å². The van der Waals surface area contributed by atoms with E-state index in [1.807, 2.05) is 0 Å². The zero-order valence-electron chi connectivity index (χ0n) is 13.0. The molecule has 0 aromatic heterocycles. The molecule has 1 aliphatic carbocycles. The number of hydrogen-bond acceptors (Lipinski definition) is 3. The van der Waals surface area contributed by atoms with Crippen LogP contribution in [0.25, 0.3) is 0 Å². The van der Waals surface area contributed by atoms with Gasteiger partial charge in [0.05, 0.1) is 6.54 Å². The fourth-order valence-corrected chi connectivity index (χ4v) is 3.32. The molecule has 0 bridgehead atoms. The molecule has 120 valence electrons. The first kappa shape index (κ1) is 16.3. The predicted molar refractivity (Wildman–Crippen MR) is 82.8 cm³/mol. The Hall–Kier alpha value is -1.10. The molecule has 5 heteroatoms. The van der Waals surface area contributed by atoms with E-state index in [1.54, 1.807) is 0 Å². The predicted octanol–water partition coefficient (Wildman–Crippen LogP) is 1.19. The van der Waals surface area contributed by atoms with Gasteiger partial charge in [-0.15, -0.1) is 0 Å². The van der Waals surface area contributed by atoms with Crippen LogP contribution in [0.4, 0.5) is 0 Å². The lowest BCUT2D eigenvalue weighted by Crippen LogP contribution is -2.42. The molecule has 1 saturated heterocycles. The third-order valence-corrected chi connectivity index (χ3v) is 4.63. The van der Waals surface area contributed by atoms with Gasteiger partial charge in [0.25, 0.3) is 0 Å². The van der Waals surface area contributed by atoms with E-state index in [0.717, 1.165) is 25.9 Å². The topological polar surface area (TPSA) is 70.2 Å². The highest BCUT2D eigenvalue weighted by molar-refractivity contribution is 5.84. The molecule has 1 atom stereocenters. The molecule has 0 aromatic carbocycles. The van der Waals surface area contributed by atoms with Crippen LogP contribution >= 0.6 is 0 Å². The summed E-state index contributed by atoms with van der Waals surface area (Å²) in [4.78, 5) is 23.6. The molecule has 3 N–H and O–H groups in total. The summed E-state index contributed by atoms with van der Waals surface area (Å²) in [5.74, 6) is 1.00.